The van der Waals surface area contributed by atoms with E-state index < -0.39 is 35.4 Å². The van der Waals surface area contributed by atoms with E-state index in [1.807, 2.05) is 0 Å². The van der Waals surface area contributed by atoms with Gasteiger partial charge in [-0.1, -0.05) is 17.3 Å². The number of likely N-dealkylation sites (tertiary alicyclic amines) is 1. The van der Waals surface area contributed by atoms with Crippen molar-refractivity contribution in [1.82, 2.24) is 4.90 Å². The quantitative estimate of drug-likeness (QED) is 0.141. The predicted octanol–water partition coefficient (Wildman–Crippen LogP) is 3.62. The van der Waals surface area contributed by atoms with Gasteiger partial charge in [0.2, 0.25) is 17.8 Å². The van der Waals surface area contributed by atoms with Gasteiger partial charge in [-0.3, -0.25) is 19.3 Å². The van der Waals surface area contributed by atoms with Crippen molar-refractivity contribution in [3.8, 4) is 0 Å². The topological polar surface area (TPSA) is 90.0 Å². The Balaban J connectivity index is 2.98. The summed E-state index contributed by atoms with van der Waals surface area (Å²) in [5, 5.41) is -0.888. The lowest BCUT2D eigenvalue weighted by atomic mass is 9.90. The van der Waals surface area contributed by atoms with Gasteiger partial charge in [-0.05, 0) is 53.5 Å². The summed E-state index contributed by atoms with van der Waals surface area (Å²) in [5.41, 5.74) is 0.615. The number of carbonyl (C=O) groups is 4. The van der Waals surface area contributed by atoms with Crippen molar-refractivity contribution in [2.24, 2.45) is 11.3 Å². The second kappa shape index (κ2) is 10.3. The van der Waals surface area contributed by atoms with Gasteiger partial charge in [0.15, 0.2) is 0 Å². The molecule has 162 valence electrons. The highest BCUT2D eigenvalue weighted by atomic mass is 35.5. The van der Waals surface area contributed by atoms with Gasteiger partial charge in [0, 0.05) is 0 Å². The van der Waals surface area contributed by atoms with Gasteiger partial charge >= 0.3 is 11.9 Å². The Kier molecular flexibility index (Phi) is 8.96. The number of β-lactam (4-membered cyclic amide) rings is 1. The molecule has 1 aliphatic rings. The molecule has 7 nitrogen and oxygen atoms in total. The predicted molar refractivity (Wildman–Crippen MR) is 112 cm³/mol. The van der Waals surface area contributed by atoms with Gasteiger partial charge in [-0.2, -0.15) is 0 Å². The van der Waals surface area contributed by atoms with E-state index in [0.29, 0.717) is 12.0 Å². The Labute approximate surface area is 180 Å². The summed E-state index contributed by atoms with van der Waals surface area (Å²) >= 11 is 6.52. The van der Waals surface area contributed by atoms with Gasteiger partial charge in [0.05, 0.1) is 17.2 Å². The molecule has 1 amide bonds. The number of hydrogen-bond acceptors (Lipinski definition) is 7. The zero-order valence-electron chi connectivity index (χ0n) is 17.7. The third-order valence-electron chi connectivity index (χ3n) is 3.98. The first-order valence-electron chi connectivity index (χ1n) is 9.06. The molecule has 0 spiro atoms. The van der Waals surface area contributed by atoms with Crippen LogP contribution in [0.4, 0.5) is 0 Å². The van der Waals surface area contributed by atoms with Crippen LogP contribution in [0, 0.1) is 11.3 Å². The summed E-state index contributed by atoms with van der Waals surface area (Å²) in [6.45, 7) is 13.4. The number of ether oxygens (including phenoxy) is 2. The molecular formula is C20H28ClNO6S. The molecule has 1 saturated heterocycles. The maximum atomic E-state index is 12.7. The molecule has 0 radical (unpaired) electrons. The number of alkyl halides is 1. The van der Waals surface area contributed by atoms with E-state index in [2.05, 4.69) is 6.58 Å². The van der Waals surface area contributed by atoms with E-state index in [0.717, 1.165) is 17.3 Å². The zero-order chi connectivity index (χ0) is 22.5. The van der Waals surface area contributed by atoms with Crippen LogP contribution >= 0.6 is 23.4 Å². The van der Waals surface area contributed by atoms with Crippen LogP contribution in [0.25, 0.3) is 0 Å². The van der Waals surface area contributed by atoms with Crippen molar-refractivity contribution >= 4 is 46.3 Å². The third kappa shape index (κ3) is 6.60. The molecule has 0 aliphatic carbocycles. The molecule has 1 heterocycles. The number of hydrogen-bond donors (Lipinski definition) is 0. The Morgan fingerprint density at radius 3 is 2.21 bits per heavy atom. The van der Waals surface area contributed by atoms with Crippen molar-refractivity contribution in [3.05, 3.63) is 23.4 Å². The molecule has 0 unspecified atom stereocenters. The molecule has 29 heavy (non-hydrogen) atoms. The molecule has 1 fully saturated rings. The highest BCUT2D eigenvalue weighted by Crippen LogP contribution is 2.42. The zero-order valence-corrected chi connectivity index (χ0v) is 19.2. The molecule has 1 rings (SSSR count). The highest BCUT2D eigenvalue weighted by molar-refractivity contribution is 8.14. The fourth-order valence-corrected chi connectivity index (χ4v) is 3.80. The maximum absolute atomic E-state index is 12.7. The minimum atomic E-state index is -0.808. The number of nitrogens with zero attached hydrogens (tertiary/aromatic N) is 1. The lowest BCUT2D eigenvalue weighted by Crippen LogP contribution is -2.60. The maximum Gasteiger partial charge on any atom is 0.357 e. The van der Waals surface area contributed by atoms with E-state index >= 15 is 0 Å². The van der Waals surface area contributed by atoms with Crippen molar-refractivity contribution < 1.29 is 28.7 Å². The number of esters is 2. The van der Waals surface area contributed by atoms with Crippen LogP contribution in [0.5, 0.6) is 0 Å². The summed E-state index contributed by atoms with van der Waals surface area (Å²) in [6.07, 6.45) is 0.400. The summed E-state index contributed by atoms with van der Waals surface area (Å²) in [6, 6.07) is 0. The SMILES string of the molecule is C=C(C)C[C@H]1C(=O)N(C(C(=O)OCOC(=O)C(C)(C)C)=C(C)C)[C@@H]1SC(=O)CCl. The van der Waals surface area contributed by atoms with Crippen molar-refractivity contribution in [2.45, 2.75) is 53.3 Å². The fourth-order valence-electron chi connectivity index (χ4n) is 2.59. The van der Waals surface area contributed by atoms with Crippen LogP contribution in [-0.2, 0) is 28.7 Å². The van der Waals surface area contributed by atoms with E-state index in [4.69, 9.17) is 21.1 Å². The second-order valence-electron chi connectivity index (χ2n) is 8.07. The normalized spacial score (nSPS) is 18.6. The standard InChI is InChI=1S/C20H28ClNO6S/c1-11(2)8-13-16(24)22(17(13)29-14(23)9-21)15(12(3)4)18(25)27-10-28-19(26)20(5,6)7/h13,17H,1,8-10H2,2-7H3/t13-,17+/m0/s1. The number of thioether (sulfide) groups is 1. The first kappa shape index (κ1) is 25.2. The molecule has 0 N–H and O–H groups in total. The second-order valence-corrected chi connectivity index (χ2v) is 9.51. The van der Waals surface area contributed by atoms with Crippen LogP contribution in [0.2, 0.25) is 0 Å². The number of allylic oxidation sites excluding steroid dienone is 2. The molecule has 2 atom stereocenters. The molecule has 0 aromatic carbocycles. The minimum Gasteiger partial charge on any atom is -0.427 e. The van der Waals surface area contributed by atoms with Crippen molar-refractivity contribution in [3.63, 3.8) is 0 Å². The molecule has 0 saturated carbocycles. The smallest absolute Gasteiger partial charge is 0.357 e. The summed E-state index contributed by atoms with van der Waals surface area (Å²) in [4.78, 5) is 50.3. The summed E-state index contributed by atoms with van der Waals surface area (Å²) in [7, 11) is 0. The van der Waals surface area contributed by atoms with Gasteiger partial charge in [-0.15, -0.1) is 18.2 Å². The van der Waals surface area contributed by atoms with Crippen LogP contribution in [0.3, 0.4) is 0 Å². The van der Waals surface area contributed by atoms with E-state index in [1.165, 1.54) is 4.90 Å². The van der Waals surface area contributed by atoms with Crippen LogP contribution < -0.4 is 0 Å². The number of amides is 1. The first-order chi connectivity index (χ1) is 13.3. The van der Waals surface area contributed by atoms with Crippen LogP contribution in [-0.4, -0.2) is 45.9 Å². The molecule has 0 aromatic rings. The van der Waals surface area contributed by atoms with E-state index in [-0.39, 0.29) is 22.6 Å². The van der Waals surface area contributed by atoms with Crippen molar-refractivity contribution in [2.75, 3.05) is 12.7 Å². The van der Waals surface area contributed by atoms with Crippen molar-refractivity contribution in [1.29, 1.82) is 0 Å². The third-order valence-corrected chi connectivity index (χ3v) is 5.57. The highest BCUT2D eigenvalue weighted by Gasteiger charge is 2.51. The molecule has 9 heteroatoms. The lowest BCUT2D eigenvalue weighted by Gasteiger charge is -2.47. The van der Waals surface area contributed by atoms with E-state index in [9.17, 15) is 19.2 Å². The average molecular weight is 446 g/mol. The first-order valence-corrected chi connectivity index (χ1v) is 10.5. The van der Waals surface area contributed by atoms with E-state index in [1.54, 1.807) is 41.5 Å². The lowest BCUT2D eigenvalue weighted by molar-refractivity contribution is -0.173. The Morgan fingerprint density at radius 2 is 1.76 bits per heavy atom. The van der Waals surface area contributed by atoms with Crippen LogP contribution in [0.15, 0.2) is 23.4 Å². The summed E-state index contributed by atoms with van der Waals surface area (Å²) < 4.78 is 10.0. The Hall–Kier alpha value is -1.80. The largest absolute Gasteiger partial charge is 0.427 e. The number of carbonyl (C=O) groups excluding carboxylic acids is 4. The van der Waals surface area contributed by atoms with Gasteiger partial charge in [0.1, 0.15) is 11.1 Å². The van der Waals surface area contributed by atoms with Crippen LogP contribution in [0.1, 0.15) is 48.0 Å². The molecule has 1 aliphatic heterocycles. The van der Waals surface area contributed by atoms with Gasteiger partial charge in [-0.25, -0.2) is 4.79 Å². The molecule has 0 aromatic heterocycles. The molecule has 0 bridgehead atoms. The minimum absolute atomic E-state index is 0.0274. The number of rotatable bonds is 8. The summed E-state index contributed by atoms with van der Waals surface area (Å²) in [5.74, 6) is -2.32. The average Bonchev–Trinajstić information content (AvgIpc) is 2.61. The monoisotopic (exact) mass is 445 g/mol. The molecular weight excluding hydrogens is 418 g/mol. The Bertz CT molecular complexity index is 736. The Morgan fingerprint density at radius 1 is 1.17 bits per heavy atom. The van der Waals surface area contributed by atoms with Gasteiger partial charge < -0.3 is 9.47 Å². The van der Waals surface area contributed by atoms with Gasteiger partial charge in [0.25, 0.3) is 0 Å². The fraction of sp³-hybridized carbons (Fsp3) is 0.600. The number of halogens is 1.